The third-order valence-electron chi connectivity index (χ3n) is 4.36. The lowest BCUT2D eigenvalue weighted by molar-refractivity contribution is -0.112. The second kappa shape index (κ2) is 11.1. The van der Waals surface area contributed by atoms with E-state index in [0.29, 0.717) is 29.4 Å². The molecule has 8 heteroatoms. The van der Waals surface area contributed by atoms with E-state index in [0.717, 1.165) is 5.75 Å². The number of methoxy groups -OCH3 is 1. The number of aryl methyl sites for hydroxylation is 2. The Morgan fingerprint density at radius 2 is 1.97 bits per heavy atom. The zero-order valence-electron chi connectivity index (χ0n) is 18.0. The highest BCUT2D eigenvalue weighted by atomic mass is 32.2. The number of nitriles is 1. The first-order valence-corrected chi connectivity index (χ1v) is 10.8. The van der Waals surface area contributed by atoms with E-state index < -0.39 is 5.91 Å². The summed E-state index contributed by atoms with van der Waals surface area (Å²) in [4.78, 5) is 13.5. The molecule has 0 aliphatic rings. The fourth-order valence-electron chi connectivity index (χ4n) is 2.76. The average Bonchev–Trinajstić information content (AvgIpc) is 3.21. The van der Waals surface area contributed by atoms with Crippen molar-refractivity contribution in [3.05, 3.63) is 71.0 Å². The van der Waals surface area contributed by atoms with Crippen molar-refractivity contribution in [3.8, 4) is 17.6 Å². The molecule has 32 heavy (non-hydrogen) atoms. The number of nitrogens with zero attached hydrogens (tertiary/aromatic N) is 2. The van der Waals surface area contributed by atoms with E-state index in [9.17, 15) is 10.1 Å². The molecule has 0 radical (unpaired) electrons. The van der Waals surface area contributed by atoms with Crippen LogP contribution in [-0.4, -0.2) is 30.5 Å². The number of carbonyl (C=O) groups excluding carboxylic acids is 1. The van der Waals surface area contributed by atoms with Crippen molar-refractivity contribution in [1.29, 1.82) is 5.26 Å². The first-order valence-electron chi connectivity index (χ1n) is 9.85. The van der Waals surface area contributed by atoms with Gasteiger partial charge in [0, 0.05) is 16.7 Å². The standard InChI is InChI=1S/C24H23N3O4S/c1-16-4-7-20(8-5-16)32-11-10-30-21-9-6-18(14-22(21)29-3)13-19(15-25)24(28)26-23-12-17(2)31-27-23/h4-9,12-14H,10-11H2,1-3H3,(H,26,27,28)/b19-13-. The van der Waals surface area contributed by atoms with Crippen LogP contribution in [-0.2, 0) is 4.79 Å². The molecule has 0 aliphatic heterocycles. The zero-order valence-corrected chi connectivity index (χ0v) is 18.9. The number of amides is 1. The Balaban J connectivity index is 1.62. The Morgan fingerprint density at radius 3 is 2.62 bits per heavy atom. The normalized spacial score (nSPS) is 11.0. The number of rotatable bonds is 9. The fourth-order valence-corrected chi connectivity index (χ4v) is 3.49. The quantitative estimate of drug-likeness (QED) is 0.212. The van der Waals surface area contributed by atoms with Crippen LogP contribution in [0.2, 0.25) is 0 Å². The molecule has 2 aromatic carbocycles. The Bertz CT molecular complexity index is 1150. The Hall–Kier alpha value is -3.70. The van der Waals surface area contributed by atoms with Crippen LogP contribution in [0.5, 0.6) is 11.5 Å². The van der Waals surface area contributed by atoms with E-state index >= 15 is 0 Å². The molecule has 0 aliphatic carbocycles. The zero-order chi connectivity index (χ0) is 22.9. The van der Waals surface area contributed by atoms with Gasteiger partial charge in [-0.3, -0.25) is 4.79 Å². The average molecular weight is 450 g/mol. The van der Waals surface area contributed by atoms with Crippen molar-refractivity contribution in [2.45, 2.75) is 18.7 Å². The molecule has 0 unspecified atom stereocenters. The molecule has 1 heterocycles. The number of benzene rings is 2. The van der Waals surface area contributed by atoms with Gasteiger partial charge in [-0.25, -0.2) is 0 Å². The summed E-state index contributed by atoms with van der Waals surface area (Å²) in [5, 5.41) is 15.6. The lowest BCUT2D eigenvalue weighted by Gasteiger charge is -2.11. The van der Waals surface area contributed by atoms with Gasteiger partial charge in [-0.05, 0) is 49.8 Å². The Morgan fingerprint density at radius 1 is 1.19 bits per heavy atom. The summed E-state index contributed by atoms with van der Waals surface area (Å²) in [7, 11) is 1.54. The molecule has 7 nitrogen and oxygen atoms in total. The highest BCUT2D eigenvalue weighted by Gasteiger charge is 2.13. The topological polar surface area (TPSA) is 97.4 Å². The number of nitrogens with one attached hydrogen (secondary N) is 1. The van der Waals surface area contributed by atoms with Gasteiger partial charge in [0.2, 0.25) is 0 Å². The summed E-state index contributed by atoms with van der Waals surface area (Å²) in [5.74, 6) is 2.12. The molecule has 0 atom stereocenters. The van der Waals surface area contributed by atoms with Gasteiger partial charge in [0.15, 0.2) is 17.3 Å². The van der Waals surface area contributed by atoms with E-state index in [1.165, 1.54) is 16.5 Å². The number of hydrogen-bond donors (Lipinski definition) is 1. The monoisotopic (exact) mass is 449 g/mol. The molecule has 3 aromatic rings. The van der Waals surface area contributed by atoms with Crippen LogP contribution >= 0.6 is 11.8 Å². The number of aromatic nitrogens is 1. The molecule has 164 valence electrons. The van der Waals surface area contributed by atoms with Crippen molar-refractivity contribution in [1.82, 2.24) is 5.16 Å². The third-order valence-corrected chi connectivity index (χ3v) is 5.34. The van der Waals surface area contributed by atoms with Crippen molar-refractivity contribution >= 4 is 29.6 Å². The number of ether oxygens (including phenoxy) is 2. The van der Waals surface area contributed by atoms with E-state index in [2.05, 4.69) is 41.7 Å². The van der Waals surface area contributed by atoms with Gasteiger partial charge in [0.25, 0.3) is 5.91 Å². The fraction of sp³-hybridized carbons (Fsp3) is 0.208. The first-order chi connectivity index (χ1) is 15.5. The second-order valence-electron chi connectivity index (χ2n) is 6.87. The van der Waals surface area contributed by atoms with Crippen LogP contribution < -0.4 is 14.8 Å². The lowest BCUT2D eigenvalue weighted by atomic mass is 10.1. The summed E-state index contributed by atoms with van der Waals surface area (Å²) >= 11 is 1.71. The molecule has 1 amide bonds. The summed E-state index contributed by atoms with van der Waals surface area (Å²) in [6, 6.07) is 17.1. The summed E-state index contributed by atoms with van der Waals surface area (Å²) < 4.78 is 16.2. The minimum Gasteiger partial charge on any atom is -0.493 e. The smallest absolute Gasteiger partial charge is 0.267 e. The molecular weight excluding hydrogens is 426 g/mol. The van der Waals surface area contributed by atoms with Crippen LogP contribution in [0.25, 0.3) is 6.08 Å². The van der Waals surface area contributed by atoms with Crippen LogP contribution in [0, 0.1) is 25.2 Å². The van der Waals surface area contributed by atoms with Crippen molar-refractivity contribution in [3.63, 3.8) is 0 Å². The summed E-state index contributed by atoms with van der Waals surface area (Å²) in [5.41, 5.74) is 1.79. The molecule has 3 rings (SSSR count). The van der Waals surface area contributed by atoms with Crippen LogP contribution in [0.3, 0.4) is 0 Å². The number of anilines is 1. The van der Waals surface area contributed by atoms with Gasteiger partial charge in [-0.1, -0.05) is 28.9 Å². The summed E-state index contributed by atoms with van der Waals surface area (Å²) in [6.45, 7) is 4.28. The Labute approximate surface area is 191 Å². The highest BCUT2D eigenvalue weighted by molar-refractivity contribution is 7.99. The SMILES string of the molecule is COc1cc(/C=C(/C#N)C(=O)Nc2cc(C)on2)ccc1OCCSc1ccc(C)cc1. The maximum absolute atomic E-state index is 12.3. The van der Waals surface area contributed by atoms with Crippen LogP contribution in [0.4, 0.5) is 5.82 Å². The van der Waals surface area contributed by atoms with Gasteiger partial charge < -0.3 is 19.3 Å². The maximum atomic E-state index is 12.3. The predicted octanol–water partition coefficient (Wildman–Crippen LogP) is 5.02. The minimum absolute atomic E-state index is 0.0733. The molecular formula is C24H23N3O4S. The molecule has 0 fully saturated rings. The molecule has 0 spiro atoms. The van der Waals surface area contributed by atoms with Gasteiger partial charge >= 0.3 is 0 Å². The second-order valence-corrected chi connectivity index (χ2v) is 8.04. The van der Waals surface area contributed by atoms with Crippen LogP contribution in [0.1, 0.15) is 16.9 Å². The van der Waals surface area contributed by atoms with E-state index in [4.69, 9.17) is 14.0 Å². The van der Waals surface area contributed by atoms with E-state index in [1.54, 1.807) is 50.1 Å². The summed E-state index contributed by atoms with van der Waals surface area (Å²) in [6.07, 6.45) is 1.47. The molecule has 0 bridgehead atoms. The number of carbonyl (C=O) groups is 1. The third kappa shape index (κ3) is 6.40. The number of hydrogen-bond acceptors (Lipinski definition) is 7. The van der Waals surface area contributed by atoms with Gasteiger partial charge in [-0.15, -0.1) is 11.8 Å². The molecule has 0 saturated carbocycles. The molecule has 0 saturated heterocycles. The largest absolute Gasteiger partial charge is 0.493 e. The first kappa shape index (κ1) is 23.0. The Kier molecular flexibility index (Phi) is 7.95. The molecule has 1 aromatic heterocycles. The number of thioether (sulfide) groups is 1. The highest BCUT2D eigenvalue weighted by Crippen LogP contribution is 2.29. The van der Waals surface area contributed by atoms with Crippen molar-refractivity contribution < 1.29 is 18.8 Å². The van der Waals surface area contributed by atoms with Crippen molar-refractivity contribution in [2.75, 3.05) is 24.8 Å². The van der Waals surface area contributed by atoms with Crippen LogP contribution in [0.15, 0.2) is 63.5 Å². The predicted molar refractivity (Wildman–Crippen MR) is 124 cm³/mol. The van der Waals surface area contributed by atoms with Crippen molar-refractivity contribution in [2.24, 2.45) is 0 Å². The molecule has 1 N–H and O–H groups in total. The van der Waals surface area contributed by atoms with E-state index in [1.807, 2.05) is 6.07 Å². The minimum atomic E-state index is -0.576. The lowest BCUT2D eigenvalue weighted by Crippen LogP contribution is -2.13. The van der Waals surface area contributed by atoms with Gasteiger partial charge in [0.1, 0.15) is 17.4 Å². The van der Waals surface area contributed by atoms with Gasteiger partial charge in [0.05, 0.1) is 13.7 Å². The maximum Gasteiger partial charge on any atom is 0.267 e. The van der Waals surface area contributed by atoms with Gasteiger partial charge in [-0.2, -0.15) is 5.26 Å². The van der Waals surface area contributed by atoms with E-state index in [-0.39, 0.29) is 11.4 Å².